The maximum absolute atomic E-state index is 13.3. The zero-order chi connectivity index (χ0) is 19.0. The van der Waals surface area contributed by atoms with E-state index in [4.69, 9.17) is 23.2 Å². The fourth-order valence-corrected chi connectivity index (χ4v) is 2.65. The lowest BCUT2D eigenvalue weighted by Crippen LogP contribution is -2.35. The Labute approximate surface area is 155 Å². The Morgan fingerprint density at radius 2 is 1.85 bits per heavy atom. The summed E-state index contributed by atoms with van der Waals surface area (Å²) in [6, 6.07) is 7.39. The molecule has 1 aliphatic rings. The fourth-order valence-electron chi connectivity index (χ4n) is 2.29. The van der Waals surface area contributed by atoms with Gasteiger partial charge in [0.25, 0.3) is 17.5 Å². The number of nitrogens with zero attached hydrogens (tertiary/aromatic N) is 2. The molecule has 1 saturated heterocycles. The molecule has 2 amide bonds. The van der Waals surface area contributed by atoms with E-state index in [-0.39, 0.29) is 32.6 Å². The van der Waals surface area contributed by atoms with E-state index >= 15 is 0 Å². The molecule has 7 nitrogen and oxygen atoms in total. The molecule has 1 aliphatic heterocycles. The van der Waals surface area contributed by atoms with Gasteiger partial charge in [0, 0.05) is 6.07 Å². The number of nitrogens with one attached hydrogen (secondary N) is 1. The van der Waals surface area contributed by atoms with Gasteiger partial charge in [-0.25, -0.2) is 9.40 Å². The zero-order valence-electron chi connectivity index (χ0n) is 12.7. The maximum Gasteiger partial charge on any atom is 0.288 e. The molecule has 2 aromatic carbocycles. The van der Waals surface area contributed by atoms with E-state index < -0.39 is 22.6 Å². The quantitative estimate of drug-likeness (QED) is 0.372. The van der Waals surface area contributed by atoms with E-state index in [1.165, 1.54) is 30.3 Å². The lowest BCUT2D eigenvalue weighted by molar-refractivity contribution is -0.384. The van der Waals surface area contributed by atoms with Crippen LogP contribution in [0.3, 0.4) is 0 Å². The van der Waals surface area contributed by atoms with Gasteiger partial charge in [-0.3, -0.25) is 25.1 Å². The number of carbonyl (C=O) groups excluding carboxylic acids is 2. The number of benzene rings is 2. The highest BCUT2D eigenvalue weighted by molar-refractivity contribution is 6.34. The van der Waals surface area contributed by atoms with Crippen molar-refractivity contribution in [3.63, 3.8) is 0 Å². The first kappa shape index (κ1) is 17.8. The van der Waals surface area contributed by atoms with Crippen LogP contribution < -0.4 is 10.4 Å². The van der Waals surface area contributed by atoms with E-state index in [1.807, 2.05) is 0 Å². The standard InChI is InChI=1S/C16H8Cl2FN3O4/c17-11-3-1-8(6-14(11)22(25)26)5-10-15(23)20-21(16(10)24)9-2-4-13(19)12(18)7-9/h1-7H,(H,20,23)/b10-5-. The first-order valence-electron chi connectivity index (χ1n) is 7.04. The van der Waals surface area contributed by atoms with Crippen LogP contribution in [0.1, 0.15) is 5.56 Å². The smallest absolute Gasteiger partial charge is 0.267 e. The van der Waals surface area contributed by atoms with E-state index in [1.54, 1.807) is 0 Å². The van der Waals surface area contributed by atoms with Crippen molar-refractivity contribution in [3.05, 3.63) is 73.5 Å². The average Bonchev–Trinajstić information content (AvgIpc) is 2.87. The van der Waals surface area contributed by atoms with E-state index in [0.717, 1.165) is 17.1 Å². The molecule has 0 aliphatic carbocycles. The van der Waals surface area contributed by atoms with Gasteiger partial charge in [-0.1, -0.05) is 29.3 Å². The number of hydrogen-bond donors (Lipinski definition) is 1. The van der Waals surface area contributed by atoms with Gasteiger partial charge in [0.2, 0.25) is 0 Å². The van der Waals surface area contributed by atoms with Crippen LogP contribution in [0.4, 0.5) is 15.8 Å². The first-order valence-corrected chi connectivity index (χ1v) is 7.79. The van der Waals surface area contributed by atoms with E-state index in [9.17, 15) is 24.1 Å². The lowest BCUT2D eigenvalue weighted by atomic mass is 10.1. The van der Waals surface area contributed by atoms with Crippen molar-refractivity contribution in [1.82, 2.24) is 5.43 Å². The summed E-state index contributed by atoms with van der Waals surface area (Å²) in [4.78, 5) is 34.8. The third kappa shape index (κ3) is 3.24. The molecule has 1 heterocycles. The van der Waals surface area contributed by atoms with Gasteiger partial charge in [-0.15, -0.1) is 0 Å². The van der Waals surface area contributed by atoms with Crippen molar-refractivity contribution in [2.45, 2.75) is 0 Å². The Bertz CT molecular complexity index is 993. The Kier molecular flexibility index (Phi) is 4.62. The molecule has 2 aromatic rings. The Morgan fingerprint density at radius 1 is 1.12 bits per heavy atom. The molecule has 132 valence electrons. The van der Waals surface area contributed by atoms with Crippen LogP contribution in [0.5, 0.6) is 0 Å². The molecule has 0 atom stereocenters. The SMILES string of the molecule is O=C1NN(c2ccc(F)c(Cl)c2)C(=O)/C1=C\c1ccc(Cl)c([N+](=O)[O-])c1. The number of anilines is 1. The summed E-state index contributed by atoms with van der Waals surface area (Å²) in [6.07, 6.45) is 1.20. The van der Waals surface area contributed by atoms with E-state index in [2.05, 4.69) is 5.43 Å². The van der Waals surface area contributed by atoms with Crippen LogP contribution in [0.2, 0.25) is 10.0 Å². The van der Waals surface area contributed by atoms with Crippen LogP contribution in [0.25, 0.3) is 6.08 Å². The molecule has 0 unspecified atom stereocenters. The average molecular weight is 396 g/mol. The van der Waals surface area contributed by atoms with Crippen LogP contribution in [0, 0.1) is 15.9 Å². The van der Waals surface area contributed by atoms with Crippen molar-refractivity contribution in [1.29, 1.82) is 0 Å². The highest BCUT2D eigenvalue weighted by Gasteiger charge is 2.34. The normalized spacial score (nSPS) is 15.5. The Morgan fingerprint density at radius 3 is 2.50 bits per heavy atom. The number of hydrazine groups is 1. The number of amides is 2. The van der Waals surface area contributed by atoms with Crippen molar-refractivity contribution < 1.29 is 18.9 Å². The molecule has 1 N–H and O–H groups in total. The monoisotopic (exact) mass is 395 g/mol. The second-order valence-corrected chi connectivity index (χ2v) is 6.02. The van der Waals surface area contributed by atoms with Gasteiger partial charge in [-0.2, -0.15) is 0 Å². The van der Waals surface area contributed by atoms with Crippen molar-refractivity contribution in [2.75, 3.05) is 5.01 Å². The summed E-state index contributed by atoms with van der Waals surface area (Å²) in [6.45, 7) is 0. The molecule has 0 aromatic heterocycles. The highest BCUT2D eigenvalue weighted by atomic mass is 35.5. The van der Waals surface area contributed by atoms with Crippen LogP contribution in [-0.4, -0.2) is 16.7 Å². The number of nitro groups is 1. The molecular formula is C16H8Cl2FN3O4. The molecule has 0 radical (unpaired) electrons. The van der Waals surface area contributed by atoms with Gasteiger partial charge < -0.3 is 0 Å². The number of nitro benzene ring substituents is 1. The molecule has 10 heteroatoms. The predicted octanol–water partition coefficient (Wildman–Crippen LogP) is 3.50. The summed E-state index contributed by atoms with van der Waals surface area (Å²) in [5.74, 6) is -2.10. The van der Waals surface area contributed by atoms with Gasteiger partial charge in [-0.05, 0) is 35.9 Å². The minimum absolute atomic E-state index is 0.0677. The minimum Gasteiger partial charge on any atom is -0.267 e. The zero-order valence-corrected chi connectivity index (χ0v) is 14.2. The molecule has 26 heavy (non-hydrogen) atoms. The first-order chi connectivity index (χ1) is 12.3. The second-order valence-electron chi connectivity index (χ2n) is 5.21. The molecule has 0 saturated carbocycles. The van der Waals surface area contributed by atoms with Gasteiger partial charge >= 0.3 is 0 Å². The highest BCUT2D eigenvalue weighted by Crippen LogP contribution is 2.28. The minimum atomic E-state index is -0.715. The summed E-state index contributed by atoms with van der Waals surface area (Å²) in [7, 11) is 0. The molecular weight excluding hydrogens is 388 g/mol. The fraction of sp³-hybridized carbons (Fsp3) is 0. The van der Waals surface area contributed by atoms with Gasteiger partial charge in [0.05, 0.1) is 15.6 Å². The Hall–Kier alpha value is -2.97. The van der Waals surface area contributed by atoms with Crippen LogP contribution >= 0.6 is 23.2 Å². The van der Waals surface area contributed by atoms with E-state index in [0.29, 0.717) is 0 Å². The Balaban J connectivity index is 1.96. The van der Waals surface area contributed by atoms with Crippen LogP contribution in [-0.2, 0) is 9.59 Å². The van der Waals surface area contributed by atoms with Crippen molar-refractivity contribution in [3.8, 4) is 0 Å². The number of carbonyl (C=O) groups is 2. The maximum atomic E-state index is 13.3. The number of hydrogen-bond acceptors (Lipinski definition) is 4. The molecule has 0 spiro atoms. The third-order valence-electron chi connectivity index (χ3n) is 3.53. The summed E-state index contributed by atoms with van der Waals surface area (Å²) < 4.78 is 13.3. The number of halogens is 3. The molecule has 3 rings (SSSR count). The predicted molar refractivity (Wildman–Crippen MR) is 93.1 cm³/mol. The molecule has 1 fully saturated rings. The summed E-state index contributed by atoms with van der Waals surface area (Å²) in [5.41, 5.74) is 2.14. The van der Waals surface area contributed by atoms with Crippen LogP contribution in [0.15, 0.2) is 42.0 Å². The summed E-state index contributed by atoms with van der Waals surface area (Å²) in [5, 5.41) is 11.6. The van der Waals surface area contributed by atoms with Crippen molar-refractivity contribution >= 4 is 52.5 Å². The lowest BCUT2D eigenvalue weighted by Gasteiger charge is -2.14. The van der Waals surface area contributed by atoms with Gasteiger partial charge in [0.15, 0.2) is 0 Å². The topological polar surface area (TPSA) is 92.6 Å². The largest absolute Gasteiger partial charge is 0.288 e. The van der Waals surface area contributed by atoms with Gasteiger partial charge in [0.1, 0.15) is 16.4 Å². The summed E-state index contributed by atoms with van der Waals surface area (Å²) >= 11 is 11.4. The third-order valence-corrected chi connectivity index (χ3v) is 4.14. The number of rotatable bonds is 3. The van der Waals surface area contributed by atoms with Crippen molar-refractivity contribution in [2.24, 2.45) is 0 Å². The second kappa shape index (κ2) is 6.74. The molecule has 0 bridgehead atoms.